The highest BCUT2D eigenvalue weighted by atomic mass is 35.5. The van der Waals surface area contributed by atoms with Crippen LogP contribution in [0.1, 0.15) is 62.8 Å². The third kappa shape index (κ3) is 8.32. The first-order valence-corrected chi connectivity index (χ1v) is 14.0. The molecule has 6 nitrogen and oxygen atoms in total. The lowest BCUT2D eigenvalue weighted by molar-refractivity contribution is -0.158. The Morgan fingerprint density at radius 1 is 1.11 bits per heavy atom. The van der Waals surface area contributed by atoms with Gasteiger partial charge in [0, 0.05) is 17.1 Å². The van der Waals surface area contributed by atoms with Crippen molar-refractivity contribution >= 4 is 39.1 Å². The van der Waals surface area contributed by atoms with Crippen LogP contribution in [0, 0.1) is 0 Å². The van der Waals surface area contributed by atoms with Crippen LogP contribution in [-0.2, 0) is 27.8 Å². The number of aryl methyl sites for hydroxylation is 1. The summed E-state index contributed by atoms with van der Waals surface area (Å²) < 4.78 is 68.1. The predicted molar refractivity (Wildman–Crippen MR) is 138 cm³/mol. The number of nitrogens with one attached hydrogen (secondary N) is 3. The predicted octanol–water partition coefficient (Wildman–Crippen LogP) is 5.67. The normalized spacial score (nSPS) is 17.2. The third-order valence-electron chi connectivity index (χ3n) is 5.94. The van der Waals surface area contributed by atoms with E-state index in [1.807, 2.05) is 18.2 Å². The largest absolute Gasteiger partial charge is 0.405 e. The van der Waals surface area contributed by atoms with Crippen molar-refractivity contribution in [3.05, 3.63) is 63.1 Å². The number of alkyl halides is 3. The van der Waals surface area contributed by atoms with Crippen molar-refractivity contribution in [1.82, 2.24) is 15.4 Å². The van der Waals surface area contributed by atoms with Crippen molar-refractivity contribution in [2.45, 2.75) is 81.7 Å². The Hall–Kier alpha value is -1.85. The fourth-order valence-corrected chi connectivity index (χ4v) is 6.08. The van der Waals surface area contributed by atoms with Gasteiger partial charge in [0.25, 0.3) is 0 Å². The van der Waals surface area contributed by atoms with E-state index in [9.17, 15) is 26.4 Å². The lowest BCUT2D eigenvalue weighted by Gasteiger charge is -2.28. The topological polar surface area (TPSA) is 87.3 Å². The molecule has 2 aromatic rings. The molecular weight excluding hydrogens is 550 g/mol. The van der Waals surface area contributed by atoms with Gasteiger partial charge >= 0.3 is 6.18 Å². The molecule has 2 atom stereocenters. The van der Waals surface area contributed by atoms with Gasteiger partial charge in [-0.25, -0.2) is 8.42 Å². The standard InChI is InChI=1S/C25H30Cl2F3N3O3S/c1-24(2,3)31-14-15-7-9-18-16(11-15)5-4-6-20(18)32-23(34)13-22(25(28,29)30)33-37(35,36)21-12-17(26)8-10-19(21)27/h7-12,20,22,31,33H,4-6,13-14H2,1-3H3,(H,32,34)/t20?,22-/m1/s1. The van der Waals surface area contributed by atoms with E-state index in [0.717, 1.165) is 35.6 Å². The van der Waals surface area contributed by atoms with Gasteiger partial charge in [-0.3, -0.25) is 4.79 Å². The zero-order chi connectivity index (χ0) is 27.6. The average Bonchev–Trinajstić information content (AvgIpc) is 2.77. The minimum atomic E-state index is -5.02. The van der Waals surface area contributed by atoms with Crippen LogP contribution in [0.15, 0.2) is 41.3 Å². The molecule has 0 spiro atoms. The molecule has 0 radical (unpaired) electrons. The maximum atomic E-state index is 13.8. The molecule has 1 aliphatic carbocycles. The van der Waals surface area contributed by atoms with Crippen LogP contribution in [0.3, 0.4) is 0 Å². The molecule has 37 heavy (non-hydrogen) atoms. The van der Waals surface area contributed by atoms with Crippen molar-refractivity contribution < 1.29 is 26.4 Å². The Bertz CT molecular complexity index is 1250. The van der Waals surface area contributed by atoms with E-state index in [0.29, 0.717) is 13.0 Å². The van der Waals surface area contributed by atoms with Gasteiger partial charge in [0.1, 0.15) is 10.9 Å². The highest BCUT2D eigenvalue weighted by Crippen LogP contribution is 2.32. The van der Waals surface area contributed by atoms with Gasteiger partial charge in [-0.1, -0.05) is 41.4 Å². The van der Waals surface area contributed by atoms with Crippen molar-refractivity contribution in [2.24, 2.45) is 0 Å². The van der Waals surface area contributed by atoms with Crippen LogP contribution in [0.25, 0.3) is 0 Å². The molecule has 0 fully saturated rings. The zero-order valence-electron chi connectivity index (χ0n) is 20.7. The van der Waals surface area contributed by atoms with Crippen molar-refractivity contribution in [3.63, 3.8) is 0 Å². The Morgan fingerprint density at radius 2 is 1.81 bits per heavy atom. The van der Waals surface area contributed by atoms with Gasteiger partial charge in [0.2, 0.25) is 15.9 Å². The highest BCUT2D eigenvalue weighted by molar-refractivity contribution is 7.89. The molecule has 1 amide bonds. The molecule has 0 bridgehead atoms. The van der Waals surface area contributed by atoms with E-state index in [-0.39, 0.29) is 15.6 Å². The molecule has 2 aromatic carbocycles. The molecular formula is C25H30Cl2F3N3O3S. The van der Waals surface area contributed by atoms with Gasteiger partial charge in [-0.05, 0) is 74.9 Å². The maximum Gasteiger partial charge on any atom is 0.405 e. The molecule has 0 saturated heterocycles. The fraction of sp³-hybridized carbons (Fsp3) is 0.480. The van der Waals surface area contributed by atoms with Crippen LogP contribution >= 0.6 is 23.2 Å². The Morgan fingerprint density at radius 3 is 2.46 bits per heavy atom. The summed E-state index contributed by atoms with van der Waals surface area (Å²) in [4.78, 5) is 12.1. The number of carbonyl (C=O) groups excluding carboxylic acids is 1. The van der Waals surface area contributed by atoms with Gasteiger partial charge < -0.3 is 10.6 Å². The molecule has 3 N–H and O–H groups in total. The number of hydrogen-bond acceptors (Lipinski definition) is 4. The molecule has 12 heteroatoms. The van der Waals surface area contributed by atoms with Crippen LogP contribution in [0.4, 0.5) is 13.2 Å². The number of amides is 1. The summed E-state index contributed by atoms with van der Waals surface area (Å²) in [6.07, 6.45) is -4.01. The summed E-state index contributed by atoms with van der Waals surface area (Å²) in [5.41, 5.74) is 2.91. The first-order chi connectivity index (χ1) is 17.0. The first kappa shape index (κ1) is 29.7. The lowest BCUT2D eigenvalue weighted by atomic mass is 9.86. The van der Waals surface area contributed by atoms with Crippen molar-refractivity contribution in [3.8, 4) is 0 Å². The molecule has 3 rings (SSSR count). The lowest BCUT2D eigenvalue weighted by Crippen LogP contribution is -2.48. The molecule has 0 aliphatic heterocycles. The van der Waals surface area contributed by atoms with Gasteiger partial charge in [0.15, 0.2) is 0 Å². The number of hydrogen-bond donors (Lipinski definition) is 3. The molecule has 0 saturated carbocycles. The first-order valence-electron chi connectivity index (χ1n) is 11.8. The summed E-state index contributed by atoms with van der Waals surface area (Å²) in [6.45, 7) is 6.86. The van der Waals surface area contributed by atoms with Crippen LogP contribution in [-0.4, -0.2) is 32.1 Å². The molecule has 1 unspecified atom stereocenters. The fourth-order valence-electron chi connectivity index (χ4n) is 4.09. The number of sulfonamides is 1. The van der Waals surface area contributed by atoms with Crippen LogP contribution in [0.2, 0.25) is 10.0 Å². The number of benzene rings is 2. The summed E-state index contributed by atoms with van der Waals surface area (Å²) in [5.74, 6) is -0.918. The van der Waals surface area contributed by atoms with Crippen LogP contribution in [0.5, 0.6) is 0 Å². The smallest absolute Gasteiger partial charge is 0.349 e. The van der Waals surface area contributed by atoms with E-state index >= 15 is 0 Å². The summed E-state index contributed by atoms with van der Waals surface area (Å²) >= 11 is 11.7. The maximum absolute atomic E-state index is 13.8. The molecule has 1 aliphatic rings. The number of rotatable bonds is 8. The highest BCUT2D eigenvalue weighted by Gasteiger charge is 2.44. The van der Waals surface area contributed by atoms with Gasteiger partial charge in [0.05, 0.1) is 17.5 Å². The quantitative estimate of drug-likeness (QED) is 0.376. The van der Waals surface area contributed by atoms with Gasteiger partial charge in [-0.2, -0.15) is 17.9 Å². The zero-order valence-corrected chi connectivity index (χ0v) is 23.0. The number of halogens is 5. The monoisotopic (exact) mass is 579 g/mol. The number of carbonyl (C=O) groups is 1. The van der Waals surface area contributed by atoms with E-state index < -0.39 is 45.5 Å². The second-order valence-corrected chi connectivity index (χ2v) is 12.7. The number of fused-ring (bicyclic) bond motifs is 1. The van der Waals surface area contributed by atoms with E-state index in [4.69, 9.17) is 23.2 Å². The third-order valence-corrected chi connectivity index (χ3v) is 8.13. The minimum Gasteiger partial charge on any atom is -0.349 e. The van der Waals surface area contributed by atoms with E-state index in [1.54, 1.807) is 4.72 Å². The molecule has 204 valence electrons. The Kier molecular flexibility index (Phi) is 9.22. The average molecular weight is 581 g/mol. The minimum absolute atomic E-state index is 0.0145. The van der Waals surface area contributed by atoms with E-state index in [2.05, 4.69) is 31.4 Å². The Labute approximate surface area is 225 Å². The molecule has 0 heterocycles. The SMILES string of the molecule is CC(C)(C)NCc1ccc2c(c1)CCCC2NC(=O)C[C@@H](NS(=O)(=O)c1cc(Cl)ccc1Cl)C(F)(F)F. The van der Waals surface area contributed by atoms with Crippen molar-refractivity contribution in [2.75, 3.05) is 0 Å². The molecule has 0 aromatic heterocycles. The van der Waals surface area contributed by atoms with E-state index in [1.165, 1.54) is 12.1 Å². The van der Waals surface area contributed by atoms with Crippen molar-refractivity contribution in [1.29, 1.82) is 0 Å². The summed E-state index contributed by atoms with van der Waals surface area (Å²) in [5, 5.41) is 5.77. The second kappa shape index (κ2) is 11.5. The summed E-state index contributed by atoms with van der Waals surface area (Å²) in [6, 6.07) is 6.18. The van der Waals surface area contributed by atoms with Gasteiger partial charge in [-0.15, -0.1) is 0 Å². The summed E-state index contributed by atoms with van der Waals surface area (Å²) in [7, 11) is -4.72. The second-order valence-electron chi connectivity index (χ2n) is 10.1. The van der Waals surface area contributed by atoms with Crippen LogP contribution < -0.4 is 15.4 Å². The Balaban J connectivity index is 1.73.